The Morgan fingerprint density at radius 1 is 1.07 bits per heavy atom. The lowest BCUT2D eigenvalue weighted by Crippen LogP contribution is -2.32. The highest BCUT2D eigenvalue weighted by atomic mass is 32.2. The first-order valence-corrected chi connectivity index (χ1v) is 10.5. The van der Waals surface area contributed by atoms with E-state index in [0.717, 1.165) is 18.2 Å². The molecule has 3 aromatic rings. The molecule has 7 heteroatoms. The van der Waals surface area contributed by atoms with E-state index in [1.807, 2.05) is 12.1 Å². The largest absolute Gasteiger partial charge is 0.292 e. The number of carbonyl (C=O) groups excluding carboxylic acids is 2. The SMILES string of the molecule is CC(C)CCn1c(SCC(=O)NC(=O)c2ccccc2)nc2ccccc2c1=O. The van der Waals surface area contributed by atoms with Crippen molar-refractivity contribution in [2.45, 2.75) is 32.0 Å². The van der Waals surface area contributed by atoms with Gasteiger partial charge in [0.25, 0.3) is 11.5 Å². The third-order valence-electron chi connectivity index (χ3n) is 4.38. The van der Waals surface area contributed by atoms with E-state index >= 15 is 0 Å². The summed E-state index contributed by atoms with van der Waals surface area (Å²) >= 11 is 1.16. The van der Waals surface area contributed by atoms with Gasteiger partial charge in [-0.1, -0.05) is 55.9 Å². The number of rotatable bonds is 7. The van der Waals surface area contributed by atoms with Crippen LogP contribution in [0.25, 0.3) is 10.9 Å². The molecule has 0 aliphatic rings. The number of para-hydroxylation sites is 1. The summed E-state index contributed by atoms with van der Waals surface area (Å²) in [5.41, 5.74) is 0.907. The van der Waals surface area contributed by atoms with Crippen LogP contribution in [0.4, 0.5) is 0 Å². The Bertz CT molecular complexity index is 1080. The van der Waals surface area contributed by atoms with Gasteiger partial charge in [0.15, 0.2) is 5.16 Å². The van der Waals surface area contributed by atoms with Crippen molar-refractivity contribution in [2.24, 2.45) is 5.92 Å². The van der Waals surface area contributed by atoms with Crippen LogP contribution in [0.3, 0.4) is 0 Å². The van der Waals surface area contributed by atoms with Crippen molar-refractivity contribution in [3.63, 3.8) is 0 Å². The lowest BCUT2D eigenvalue weighted by Gasteiger charge is -2.14. The zero-order valence-corrected chi connectivity index (χ0v) is 17.2. The Hall–Kier alpha value is -2.93. The molecule has 0 atom stereocenters. The van der Waals surface area contributed by atoms with E-state index in [0.29, 0.717) is 34.1 Å². The van der Waals surface area contributed by atoms with Crippen LogP contribution in [0.2, 0.25) is 0 Å². The van der Waals surface area contributed by atoms with Crippen LogP contribution in [0.15, 0.2) is 64.5 Å². The lowest BCUT2D eigenvalue weighted by molar-refractivity contribution is -0.117. The second-order valence-corrected chi connectivity index (χ2v) is 8.03. The highest BCUT2D eigenvalue weighted by molar-refractivity contribution is 7.99. The number of hydrogen-bond acceptors (Lipinski definition) is 5. The number of nitrogens with zero attached hydrogens (tertiary/aromatic N) is 2. The van der Waals surface area contributed by atoms with Gasteiger partial charge in [0.2, 0.25) is 5.91 Å². The molecule has 6 nitrogen and oxygen atoms in total. The standard InChI is InChI=1S/C22H23N3O3S/c1-15(2)12-13-25-21(28)17-10-6-7-11-18(17)23-22(25)29-14-19(26)24-20(27)16-8-4-3-5-9-16/h3-11,15H,12-14H2,1-2H3,(H,24,26,27). The van der Waals surface area contributed by atoms with Crippen LogP contribution in [0.5, 0.6) is 0 Å². The van der Waals surface area contributed by atoms with Gasteiger partial charge in [0.05, 0.1) is 16.7 Å². The Morgan fingerprint density at radius 2 is 1.76 bits per heavy atom. The average Bonchev–Trinajstić information content (AvgIpc) is 2.72. The summed E-state index contributed by atoms with van der Waals surface area (Å²) in [6, 6.07) is 15.7. The topological polar surface area (TPSA) is 81.1 Å². The predicted molar refractivity (Wildman–Crippen MR) is 115 cm³/mol. The Kier molecular flexibility index (Phi) is 6.82. The van der Waals surface area contributed by atoms with Gasteiger partial charge in [-0.15, -0.1) is 0 Å². The van der Waals surface area contributed by atoms with Crippen LogP contribution in [-0.2, 0) is 11.3 Å². The molecule has 3 rings (SSSR count). The van der Waals surface area contributed by atoms with Crippen LogP contribution in [0, 0.1) is 5.92 Å². The quantitative estimate of drug-likeness (QED) is 0.477. The molecule has 0 aliphatic carbocycles. The summed E-state index contributed by atoms with van der Waals surface area (Å²) in [5, 5.41) is 3.42. The molecule has 0 fully saturated rings. The van der Waals surface area contributed by atoms with E-state index in [1.165, 1.54) is 0 Å². The molecule has 2 amide bonds. The fraction of sp³-hybridized carbons (Fsp3) is 0.273. The highest BCUT2D eigenvalue weighted by Crippen LogP contribution is 2.19. The van der Waals surface area contributed by atoms with E-state index in [4.69, 9.17) is 0 Å². The maximum Gasteiger partial charge on any atom is 0.262 e. The lowest BCUT2D eigenvalue weighted by atomic mass is 10.1. The van der Waals surface area contributed by atoms with Gasteiger partial charge in [-0.05, 0) is 36.6 Å². The number of carbonyl (C=O) groups is 2. The first-order chi connectivity index (χ1) is 14.0. The van der Waals surface area contributed by atoms with Crippen molar-refractivity contribution in [1.82, 2.24) is 14.9 Å². The van der Waals surface area contributed by atoms with Crippen molar-refractivity contribution in [1.29, 1.82) is 0 Å². The van der Waals surface area contributed by atoms with Gasteiger partial charge in [-0.2, -0.15) is 0 Å². The van der Waals surface area contributed by atoms with Gasteiger partial charge in [0.1, 0.15) is 0 Å². The maximum atomic E-state index is 12.9. The fourth-order valence-corrected chi connectivity index (χ4v) is 3.62. The van der Waals surface area contributed by atoms with Gasteiger partial charge in [0, 0.05) is 12.1 Å². The molecule has 0 aliphatic heterocycles. The minimum atomic E-state index is -0.445. The summed E-state index contributed by atoms with van der Waals surface area (Å²) in [6.07, 6.45) is 0.826. The van der Waals surface area contributed by atoms with E-state index < -0.39 is 11.8 Å². The number of fused-ring (bicyclic) bond motifs is 1. The van der Waals surface area contributed by atoms with Crippen LogP contribution >= 0.6 is 11.8 Å². The summed E-state index contributed by atoms with van der Waals surface area (Å²) < 4.78 is 1.62. The van der Waals surface area contributed by atoms with E-state index in [1.54, 1.807) is 47.0 Å². The predicted octanol–water partition coefficient (Wildman–Crippen LogP) is 3.49. The molecule has 0 saturated heterocycles. The normalized spacial score (nSPS) is 11.0. The molecule has 0 saturated carbocycles. The molecule has 0 radical (unpaired) electrons. The summed E-state index contributed by atoms with van der Waals surface area (Å²) in [4.78, 5) is 41.9. The fourth-order valence-electron chi connectivity index (χ4n) is 2.80. The third kappa shape index (κ3) is 5.32. The van der Waals surface area contributed by atoms with Crippen LogP contribution < -0.4 is 10.9 Å². The molecule has 2 aromatic carbocycles. The van der Waals surface area contributed by atoms with E-state index in [-0.39, 0.29) is 11.3 Å². The van der Waals surface area contributed by atoms with Gasteiger partial charge >= 0.3 is 0 Å². The molecular weight excluding hydrogens is 386 g/mol. The Labute approximate surface area is 173 Å². The molecular formula is C22H23N3O3S. The molecule has 0 spiro atoms. The van der Waals surface area contributed by atoms with Crippen molar-refractivity contribution in [3.05, 3.63) is 70.5 Å². The third-order valence-corrected chi connectivity index (χ3v) is 5.35. The number of imide groups is 1. The van der Waals surface area contributed by atoms with Crippen LogP contribution in [0.1, 0.15) is 30.6 Å². The molecule has 0 unspecified atom stereocenters. The monoisotopic (exact) mass is 409 g/mol. The first kappa shape index (κ1) is 20.8. The minimum absolute atomic E-state index is 0.00890. The summed E-state index contributed by atoms with van der Waals surface area (Å²) in [6.45, 7) is 4.71. The number of amides is 2. The van der Waals surface area contributed by atoms with Crippen molar-refractivity contribution in [3.8, 4) is 0 Å². The van der Waals surface area contributed by atoms with Gasteiger partial charge < -0.3 is 0 Å². The Balaban J connectivity index is 1.77. The number of nitrogens with one attached hydrogen (secondary N) is 1. The number of hydrogen-bond donors (Lipinski definition) is 1. The van der Waals surface area contributed by atoms with Crippen LogP contribution in [-0.4, -0.2) is 27.1 Å². The molecule has 1 N–H and O–H groups in total. The van der Waals surface area contributed by atoms with Gasteiger partial charge in [-0.25, -0.2) is 4.98 Å². The summed E-state index contributed by atoms with van der Waals surface area (Å²) in [7, 11) is 0. The van der Waals surface area contributed by atoms with Crippen molar-refractivity contribution < 1.29 is 9.59 Å². The smallest absolute Gasteiger partial charge is 0.262 e. The van der Waals surface area contributed by atoms with E-state index in [2.05, 4.69) is 24.1 Å². The Morgan fingerprint density at radius 3 is 2.48 bits per heavy atom. The summed E-state index contributed by atoms with van der Waals surface area (Å²) in [5.74, 6) is -0.454. The van der Waals surface area contributed by atoms with Gasteiger partial charge in [-0.3, -0.25) is 24.3 Å². The molecule has 29 heavy (non-hydrogen) atoms. The van der Waals surface area contributed by atoms with Crippen molar-refractivity contribution in [2.75, 3.05) is 5.75 Å². The number of thioether (sulfide) groups is 1. The minimum Gasteiger partial charge on any atom is -0.292 e. The highest BCUT2D eigenvalue weighted by Gasteiger charge is 2.15. The molecule has 1 aromatic heterocycles. The number of benzene rings is 2. The average molecular weight is 410 g/mol. The van der Waals surface area contributed by atoms with Crippen molar-refractivity contribution >= 4 is 34.5 Å². The van der Waals surface area contributed by atoms with E-state index in [9.17, 15) is 14.4 Å². The molecule has 1 heterocycles. The second kappa shape index (κ2) is 9.52. The molecule has 150 valence electrons. The maximum absolute atomic E-state index is 12.9. The zero-order chi connectivity index (χ0) is 20.8. The zero-order valence-electron chi connectivity index (χ0n) is 16.4. The second-order valence-electron chi connectivity index (χ2n) is 7.08. The number of aromatic nitrogens is 2. The first-order valence-electron chi connectivity index (χ1n) is 9.47. The molecule has 0 bridgehead atoms.